The number of methoxy groups -OCH3 is 1. The zero-order valence-electron chi connectivity index (χ0n) is 12.7. The van der Waals surface area contributed by atoms with Crippen LogP contribution < -0.4 is 4.74 Å². The first-order valence-corrected chi connectivity index (χ1v) is 7.61. The lowest BCUT2D eigenvalue weighted by Gasteiger charge is -2.24. The smallest absolute Gasteiger partial charge is 0.227 e. The molecule has 2 aromatic rings. The summed E-state index contributed by atoms with van der Waals surface area (Å²) >= 11 is 0. The number of aromatic nitrogens is 1. The van der Waals surface area contributed by atoms with E-state index in [1.54, 1.807) is 13.3 Å². The van der Waals surface area contributed by atoms with Crippen LogP contribution in [0.15, 0.2) is 48.7 Å². The molecule has 0 radical (unpaired) electrons. The minimum atomic E-state index is 0.118. The number of benzene rings is 1. The number of ether oxygens (including phenoxy) is 1. The van der Waals surface area contributed by atoms with Crippen LogP contribution in [0.25, 0.3) is 0 Å². The van der Waals surface area contributed by atoms with E-state index in [0.717, 1.165) is 36.4 Å². The highest BCUT2D eigenvalue weighted by atomic mass is 16.5. The monoisotopic (exact) mass is 296 g/mol. The van der Waals surface area contributed by atoms with Crippen molar-refractivity contribution in [3.8, 4) is 5.75 Å². The van der Waals surface area contributed by atoms with Crippen molar-refractivity contribution in [1.29, 1.82) is 0 Å². The molecule has 3 rings (SSSR count). The number of hydrogen-bond acceptors (Lipinski definition) is 3. The van der Waals surface area contributed by atoms with Crippen LogP contribution in [0.1, 0.15) is 30.1 Å². The second kappa shape index (κ2) is 6.60. The van der Waals surface area contributed by atoms with Gasteiger partial charge in [-0.05, 0) is 42.7 Å². The summed E-state index contributed by atoms with van der Waals surface area (Å²) in [6.07, 6.45) is 4.24. The summed E-state index contributed by atoms with van der Waals surface area (Å²) < 4.78 is 5.15. The Hall–Kier alpha value is -2.36. The van der Waals surface area contributed by atoms with E-state index in [4.69, 9.17) is 4.74 Å². The molecule has 1 atom stereocenters. The number of amides is 1. The fraction of sp³-hybridized carbons (Fsp3) is 0.333. The van der Waals surface area contributed by atoms with Gasteiger partial charge in [0.05, 0.1) is 25.3 Å². The average molecular weight is 296 g/mol. The van der Waals surface area contributed by atoms with Gasteiger partial charge in [-0.25, -0.2) is 0 Å². The summed E-state index contributed by atoms with van der Waals surface area (Å²) in [7, 11) is 1.64. The number of hydrogen-bond donors (Lipinski definition) is 0. The molecule has 4 heteroatoms. The number of rotatable bonds is 4. The summed E-state index contributed by atoms with van der Waals surface area (Å²) in [6, 6.07) is 13.7. The van der Waals surface area contributed by atoms with Crippen LogP contribution in [0.2, 0.25) is 0 Å². The quantitative estimate of drug-likeness (QED) is 0.871. The molecule has 0 aliphatic carbocycles. The predicted molar refractivity (Wildman–Crippen MR) is 84.6 cm³/mol. The van der Waals surface area contributed by atoms with Crippen molar-refractivity contribution in [2.45, 2.75) is 25.3 Å². The summed E-state index contributed by atoms with van der Waals surface area (Å²) in [5, 5.41) is 0. The number of likely N-dealkylation sites (tertiary alicyclic amines) is 1. The lowest BCUT2D eigenvalue weighted by Crippen LogP contribution is -2.32. The molecule has 0 spiro atoms. The number of nitrogens with zero attached hydrogens (tertiary/aromatic N) is 2. The third-order valence-corrected chi connectivity index (χ3v) is 4.12. The van der Waals surface area contributed by atoms with Crippen LogP contribution in [-0.2, 0) is 11.2 Å². The molecule has 2 heterocycles. The fourth-order valence-electron chi connectivity index (χ4n) is 2.97. The number of carbonyl (C=O) groups is 1. The SMILES string of the molecule is COc1ccc(CC(=O)N2CCCC2c2ccccn2)cc1. The van der Waals surface area contributed by atoms with E-state index in [9.17, 15) is 4.79 Å². The summed E-state index contributed by atoms with van der Waals surface area (Å²) in [5.41, 5.74) is 2.00. The lowest BCUT2D eigenvalue weighted by molar-refractivity contribution is -0.131. The van der Waals surface area contributed by atoms with Crippen molar-refractivity contribution in [3.63, 3.8) is 0 Å². The predicted octanol–water partition coefficient (Wildman–Crippen LogP) is 3.00. The number of pyridine rings is 1. The van der Waals surface area contributed by atoms with Crippen molar-refractivity contribution >= 4 is 5.91 Å². The van der Waals surface area contributed by atoms with E-state index in [1.165, 1.54) is 0 Å². The molecule has 4 nitrogen and oxygen atoms in total. The molecule has 1 aliphatic heterocycles. The van der Waals surface area contributed by atoms with Crippen LogP contribution in [-0.4, -0.2) is 29.4 Å². The molecule has 114 valence electrons. The summed E-state index contributed by atoms with van der Waals surface area (Å²) in [5.74, 6) is 0.974. The second-order valence-corrected chi connectivity index (χ2v) is 5.52. The van der Waals surface area contributed by atoms with Gasteiger partial charge in [0, 0.05) is 12.7 Å². The van der Waals surface area contributed by atoms with Crippen LogP contribution in [0.4, 0.5) is 0 Å². The van der Waals surface area contributed by atoms with Crippen LogP contribution in [0.5, 0.6) is 5.75 Å². The fourth-order valence-corrected chi connectivity index (χ4v) is 2.97. The van der Waals surface area contributed by atoms with Crippen LogP contribution in [0.3, 0.4) is 0 Å². The summed E-state index contributed by atoms with van der Waals surface area (Å²) in [4.78, 5) is 19.0. The zero-order chi connectivity index (χ0) is 15.4. The lowest BCUT2D eigenvalue weighted by atomic mass is 10.1. The molecule has 22 heavy (non-hydrogen) atoms. The highest BCUT2D eigenvalue weighted by Crippen LogP contribution is 2.31. The molecular formula is C18H20N2O2. The average Bonchev–Trinajstić information content (AvgIpc) is 3.06. The topological polar surface area (TPSA) is 42.4 Å². The van der Waals surface area contributed by atoms with Crippen LogP contribution >= 0.6 is 0 Å². The van der Waals surface area contributed by atoms with Gasteiger partial charge in [-0.15, -0.1) is 0 Å². The standard InChI is InChI=1S/C18H20N2O2/c1-22-15-9-7-14(8-10-15)13-18(21)20-12-4-6-17(20)16-5-2-3-11-19-16/h2-3,5,7-11,17H,4,6,12-13H2,1H3. The second-order valence-electron chi connectivity index (χ2n) is 5.52. The van der Waals surface area contributed by atoms with Gasteiger partial charge < -0.3 is 9.64 Å². The first-order valence-electron chi connectivity index (χ1n) is 7.61. The van der Waals surface area contributed by atoms with Gasteiger partial charge in [0.2, 0.25) is 5.91 Å². The molecule has 0 saturated carbocycles. The van der Waals surface area contributed by atoms with E-state index >= 15 is 0 Å². The van der Waals surface area contributed by atoms with E-state index in [1.807, 2.05) is 47.4 Å². The molecule has 0 bridgehead atoms. The van der Waals surface area contributed by atoms with Gasteiger partial charge in [-0.3, -0.25) is 9.78 Å². The third-order valence-electron chi connectivity index (χ3n) is 4.12. The van der Waals surface area contributed by atoms with Crippen molar-refractivity contribution in [1.82, 2.24) is 9.88 Å². The first kappa shape index (κ1) is 14.6. The Kier molecular flexibility index (Phi) is 4.37. The molecule has 1 aliphatic rings. The Balaban J connectivity index is 1.70. The maximum atomic E-state index is 12.6. The Morgan fingerprint density at radius 2 is 2.09 bits per heavy atom. The molecule has 0 N–H and O–H groups in total. The Morgan fingerprint density at radius 1 is 1.27 bits per heavy atom. The summed E-state index contributed by atoms with van der Waals surface area (Å²) in [6.45, 7) is 0.816. The molecule has 1 unspecified atom stereocenters. The van der Waals surface area contributed by atoms with E-state index in [0.29, 0.717) is 6.42 Å². The van der Waals surface area contributed by atoms with Crippen molar-refractivity contribution in [2.24, 2.45) is 0 Å². The van der Waals surface area contributed by atoms with Crippen LogP contribution in [0, 0.1) is 0 Å². The van der Waals surface area contributed by atoms with Gasteiger partial charge in [-0.1, -0.05) is 18.2 Å². The molecule has 1 aromatic carbocycles. The number of carbonyl (C=O) groups excluding carboxylic acids is 1. The van der Waals surface area contributed by atoms with Gasteiger partial charge in [0.25, 0.3) is 0 Å². The molecule has 1 fully saturated rings. The van der Waals surface area contributed by atoms with Gasteiger partial charge >= 0.3 is 0 Å². The Bertz CT molecular complexity index is 625. The van der Waals surface area contributed by atoms with Gasteiger partial charge in [0.1, 0.15) is 5.75 Å². The van der Waals surface area contributed by atoms with E-state index < -0.39 is 0 Å². The first-order chi connectivity index (χ1) is 10.8. The largest absolute Gasteiger partial charge is 0.497 e. The Morgan fingerprint density at radius 3 is 2.77 bits per heavy atom. The molecule has 1 amide bonds. The Labute approximate surface area is 130 Å². The highest BCUT2D eigenvalue weighted by Gasteiger charge is 2.30. The van der Waals surface area contributed by atoms with Gasteiger partial charge in [-0.2, -0.15) is 0 Å². The maximum absolute atomic E-state index is 12.6. The van der Waals surface area contributed by atoms with Crippen molar-refractivity contribution < 1.29 is 9.53 Å². The minimum Gasteiger partial charge on any atom is -0.497 e. The minimum absolute atomic E-state index is 0.118. The normalized spacial score (nSPS) is 17.5. The van der Waals surface area contributed by atoms with Crippen molar-refractivity contribution in [3.05, 3.63) is 59.9 Å². The molecular weight excluding hydrogens is 276 g/mol. The molecule has 1 saturated heterocycles. The van der Waals surface area contributed by atoms with Gasteiger partial charge in [0.15, 0.2) is 0 Å². The molecule has 1 aromatic heterocycles. The maximum Gasteiger partial charge on any atom is 0.227 e. The van der Waals surface area contributed by atoms with E-state index in [-0.39, 0.29) is 11.9 Å². The third kappa shape index (κ3) is 3.11. The van der Waals surface area contributed by atoms with Crippen molar-refractivity contribution in [2.75, 3.05) is 13.7 Å². The highest BCUT2D eigenvalue weighted by molar-refractivity contribution is 5.79. The zero-order valence-corrected chi connectivity index (χ0v) is 12.7. The van der Waals surface area contributed by atoms with E-state index in [2.05, 4.69) is 4.98 Å².